The Morgan fingerprint density at radius 2 is 1.62 bits per heavy atom. The highest BCUT2D eigenvalue weighted by Gasteiger charge is 2.35. The Balaban J connectivity index is 1.98. The van der Waals surface area contributed by atoms with Crippen LogP contribution in [0.1, 0.15) is 25.1 Å². The van der Waals surface area contributed by atoms with Crippen LogP contribution in [0.25, 0.3) is 16.9 Å². The van der Waals surface area contributed by atoms with Gasteiger partial charge in [-0.05, 0) is 51.1 Å². The van der Waals surface area contributed by atoms with Crippen LogP contribution in [0.15, 0.2) is 59.5 Å². The summed E-state index contributed by atoms with van der Waals surface area (Å²) in [6.45, 7) is 4.59. The fourth-order valence-electron chi connectivity index (χ4n) is 2.65. The number of aldehydes is 1. The van der Waals surface area contributed by atoms with E-state index in [0.717, 1.165) is 16.3 Å². The van der Waals surface area contributed by atoms with Gasteiger partial charge in [0, 0.05) is 5.56 Å². The third-order valence-electron chi connectivity index (χ3n) is 4.44. The standard InChI is InChI=1S/C21H20F3N3O4S/c1-14-4-6-15(7-5-14)18-12-19(21(22,23)24)25-27(18)16-8-10-17(11-9-16)32(29,30)26-31-20(2,3)13-28/h4-13,26H,1-3H3. The second-order valence-corrected chi connectivity index (χ2v) is 9.24. The third-order valence-corrected chi connectivity index (χ3v) is 5.63. The van der Waals surface area contributed by atoms with Crippen LogP contribution in [-0.4, -0.2) is 30.1 Å². The van der Waals surface area contributed by atoms with Gasteiger partial charge < -0.3 is 4.79 Å². The van der Waals surface area contributed by atoms with Crippen molar-refractivity contribution < 1.29 is 31.2 Å². The number of aryl methyl sites for hydroxylation is 1. The van der Waals surface area contributed by atoms with Crippen LogP contribution in [0.2, 0.25) is 0 Å². The first kappa shape index (κ1) is 23.6. The maximum absolute atomic E-state index is 13.3. The van der Waals surface area contributed by atoms with E-state index in [2.05, 4.69) is 5.10 Å². The molecule has 0 radical (unpaired) electrons. The van der Waals surface area contributed by atoms with Gasteiger partial charge in [-0.15, -0.1) is 0 Å². The van der Waals surface area contributed by atoms with Gasteiger partial charge in [-0.1, -0.05) is 34.7 Å². The van der Waals surface area contributed by atoms with Gasteiger partial charge in [-0.3, -0.25) is 4.84 Å². The molecule has 0 aliphatic rings. The van der Waals surface area contributed by atoms with Crippen LogP contribution < -0.4 is 4.89 Å². The molecule has 0 unspecified atom stereocenters. The first-order valence-corrected chi connectivity index (χ1v) is 10.8. The highest BCUT2D eigenvalue weighted by molar-refractivity contribution is 7.89. The number of hydrogen-bond acceptors (Lipinski definition) is 5. The largest absolute Gasteiger partial charge is 0.435 e. The summed E-state index contributed by atoms with van der Waals surface area (Å²) in [4.78, 5) is 17.4. The van der Waals surface area contributed by atoms with Crippen molar-refractivity contribution in [2.24, 2.45) is 0 Å². The minimum Gasteiger partial charge on any atom is -0.300 e. The number of halogens is 3. The summed E-state index contributed by atoms with van der Waals surface area (Å²) < 4.78 is 65.8. The molecule has 1 heterocycles. The van der Waals surface area contributed by atoms with E-state index >= 15 is 0 Å². The summed E-state index contributed by atoms with van der Waals surface area (Å²) in [6.07, 6.45) is -4.22. The number of alkyl halides is 3. The van der Waals surface area contributed by atoms with Gasteiger partial charge >= 0.3 is 6.18 Å². The van der Waals surface area contributed by atoms with Gasteiger partial charge in [0.15, 0.2) is 12.0 Å². The number of benzene rings is 2. The zero-order valence-electron chi connectivity index (χ0n) is 17.3. The maximum atomic E-state index is 13.3. The topological polar surface area (TPSA) is 90.3 Å². The fourth-order valence-corrected chi connectivity index (χ4v) is 3.56. The smallest absolute Gasteiger partial charge is 0.300 e. The number of carbonyl (C=O) groups excluding carboxylic acids is 1. The molecule has 1 N–H and O–H groups in total. The third kappa shape index (κ3) is 5.23. The van der Waals surface area contributed by atoms with E-state index < -0.39 is 27.5 Å². The average molecular weight is 467 g/mol. The van der Waals surface area contributed by atoms with Crippen molar-refractivity contribution in [1.82, 2.24) is 14.7 Å². The van der Waals surface area contributed by atoms with Crippen LogP contribution in [0, 0.1) is 6.92 Å². The van der Waals surface area contributed by atoms with Gasteiger partial charge in [0.2, 0.25) is 0 Å². The van der Waals surface area contributed by atoms with Crippen molar-refractivity contribution >= 4 is 16.3 Å². The van der Waals surface area contributed by atoms with E-state index in [4.69, 9.17) is 4.84 Å². The van der Waals surface area contributed by atoms with E-state index in [1.807, 2.05) is 11.8 Å². The molecule has 0 aliphatic carbocycles. The van der Waals surface area contributed by atoms with Gasteiger partial charge in [0.25, 0.3) is 10.0 Å². The molecule has 11 heteroatoms. The monoisotopic (exact) mass is 467 g/mol. The second-order valence-electron chi connectivity index (χ2n) is 7.59. The molecule has 2 aromatic carbocycles. The number of aromatic nitrogens is 2. The molecule has 0 spiro atoms. The van der Waals surface area contributed by atoms with Crippen LogP contribution in [0.4, 0.5) is 13.2 Å². The van der Waals surface area contributed by atoms with Crippen molar-refractivity contribution in [1.29, 1.82) is 0 Å². The summed E-state index contributed by atoms with van der Waals surface area (Å²) in [5.41, 5.74) is -0.569. The summed E-state index contributed by atoms with van der Waals surface area (Å²) in [5.74, 6) is 0. The minimum absolute atomic E-state index is 0.196. The summed E-state index contributed by atoms with van der Waals surface area (Å²) in [5, 5.41) is 3.69. The minimum atomic E-state index is -4.65. The molecular weight excluding hydrogens is 447 g/mol. The summed E-state index contributed by atoms with van der Waals surface area (Å²) >= 11 is 0. The maximum Gasteiger partial charge on any atom is 0.435 e. The molecule has 7 nitrogen and oxygen atoms in total. The van der Waals surface area contributed by atoms with Crippen LogP contribution in [0.5, 0.6) is 0 Å². The Morgan fingerprint density at radius 1 is 1.03 bits per heavy atom. The molecule has 0 fully saturated rings. The number of nitrogens with one attached hydrogen (secondary N) is 1. The van der Waals surface area contributed by atoms with Gasteiger partial charge in [-0.25, -0.2) is 13.1 Å². The Hall–Kier alpha value is -3.02. The lowest BCUT2D eigenvalue weighted by Crippen LogP contribution is -2.36. The van der Waals surface area contributed by atoms with Crippen LogP contribution in [-0.2, 0) is 25.8 Å². The predicted molar refractivity (Wildman–Crippen MR) is 110 cm³/mol. The molecule has 1 aromatic heterocycles. The van der Waals surface area contributed by atoms with Crippen molar-refractivity contribution in [3.63, 3.8) is 0 Å². The van der Waals surface area contributed by atoms with Crippen molar-refractivity contribution in [2.45, 2.75) is 37.4 Å². The van der Waals surface area contributed by atoms with E-state index in [1.165, 1.54) is 38.1 Å². The SMILES string of the molecule is Cc1ccc(-c2cc(C(F)(F)F)nn2-c2ccc(S(=O)(=O)NOC(C)(C)C=O)cc2)cc1. The first-order valence-electron chi connectivity index (χ1n) is 9.33. The van der Waals surface area contributed by atoms with Gasteiger partial charge in [0.1, 0.15) is 5.60 Å². The van der Waals surface area contributed by atoms with E-state index in [9.17, 15) is 26.4 Å². The molecule has 0 saturated heterocycles. The molecule has 0 amide bonds. The highest BCUT2D eigenvalue weighted by Crippen LogP contribution is 2.33. The lowest BCUT2D eigenvalue weighted by Gasteiger charge is -2.17. The zero-order chi connectivity index (χ0) is 23.7. The molecule has 3 rings (SSSR count). The molecule has 3 aromatic rings. The summed E-state index contributed by atoms with van der Waals surface area (Å²) in [7, 11) is -4.13. The zero-order valence-corrected chi connectivity index (χ0v) is 18.2. The molecule has 32 heavy (non-hydrogen) atoms. The van der Waals surface area contributed by atoms with Gasteiger partial charge in [-0.2, -0.15) is 18.3 Å². The molecule has 0 atom stereocenters. The van der Waals surface area contributed by atoms with E-state index in [0.29, 0.717) is 11.8 Å². The fraction of sp³-hybridized carbons (Fsp3) is 0.238. The molecule has 170 valence electrons. The second kappa shape index (κ2) is 8.49. The quantitative estimate of drug-likeness (QED) is 0.418. The van der Waals surface area contributed by atoms with Crippen molar-refractivity contribution in [2.75, 3.05) is 0 Å². The van der Waals surface area contributed by atoms with Crippen molar-refractivity contribution in [3.8, 4) is 16.9 Å². The lowest BCUT2D eigenvalue weighted by atomic mass is 10.1. The Bertz CT molecular complexity index is 1220. The van der Waals surface area contributed by atoms with Crippen molar-refractivity contribution in [3.05, 3.63) is 65.9 Å². The predicted octanol–water partition coefficient (Wildman–Crippen LogP) is 4.05. The lowest BCUT2D eigenvalue weighted by molar-refractivity contribution is -0.141. The first-order chi connectivity index (χ1) is 14.8. The Labute approximate surface area is 182 Å². The van der Waals surface area contributed by atoms with E-state index in [-0.39, 0.29) is 16.3 Å². The average Bonchev–Trinajstić information content (AvgIpc) is 3.19. The number of rotatable bonds is 7. The molecule has 0 saturated carbocycles. The normalized spacial score (nSPS) is 12.7. The van der Waals surface area contributed by atoms with Crippen LogP contribution >= 0.6 is 0 Å². The summed E-state index contributed by atoms with van der Waals surface area (Å²) in [6, 6.07) is 12.9. The molecular formula is C21H20F3N3O4S. The van der Waals surface area contributed by atoms with E-state index in [1.54, 1.807) is 24.3 Å². The van der Waals surface area contributed by atoms with Crippen LogP contribution in [0.3, 0.4) is 0 Å². The Morgan fingerprint density at radius 3 is 2.16 bits per heavy atom. The molecule has 0 aliphatic heterocycles. The highest BCUT2D eigenvalue weighted by atomic mass is 32.2. The number of carbonyl (C=O) groups is 1. The Kier molecular flexibility index (Phi) is 6.27. The number of sulfonamides is 1. The number of hydrogen-bond donors (Lipinski definition) is 1. The van der Waals surface area contributed by atoms with Gasteiger partial charge in [0.05, 0.1) is 16.3 Å². The number of nitrogens with zero attached hydrogens (tertiary/aromatic N) is 2. The molecule has 0 bridgehead atoms.